The maximum Gasteiger partial charge on any atom is 0.253 e. The number of carbonyl (C=O) groups excluding carboxylic acids is 1. The third kappa shape index (κ3) is 3.66. The van der Waals surface area contributed by atoms with E-state index in [1.54, 1.807) is 36.4 Å². The van der Waals surface area contributed by atoms with Crippen LogP contribution in [0.3, 0.4) is 0 Å². The minimum atomic E-state index is -1.24. The van der Waals surface area contributed by atoms with Gasteiger partial charge in [-0.15, -0.1) is 0 Å². The number of phenols is 1. The Labute approximate surface area is 139 Å². The Morgan fingerprint density at radius 1 is 1.22 bits per heavy atom. The number of halogens is 1. The van der Waals surface area contributed by atoms with Gasteiger partial charge < -0.3 is 15.5 Å². The second-order valence-electron chi connectivity index (χ2n) is 5.86. The number of benzene rings is 2. The first-order valence-electron chi connectivity index (χ1n) is 7.57. The van der Waals surface area contributed by atoms with Crippen molar-refractivity contribution in [2.45, 2.75) is 31.4 Å². The van der Waals surface area contributed by atoms with E-state index in [0.717, 1.165) is 18.4 Å². The van der Waals surface area contributed by atoms with Gasteiger partial charge in [0, 0.05) is 11.1 Å². The van der Waals surface area contributed by atoms with Gasteiger partial charge in [0.05, 0.1) is 0 Å². The molecule has 5 heteroatoms. The summed E-state index contributed by atoms with van der Waals surface area (Å²) in [6.07, 6.45) is 1.07. The summed E-state index contributed by atoms with van der Waals surface area (Å²) in [4.78, 5) is 12.2. The number of phenolic OH excluding ortho intramolecular Hbond substituents is 1. The van der Waals surface area contributed by atoms with Gasteiger partial charge >= 0.3 is 0 Å². The first-order chi connectivity index (χ1) is 11.0. The topological polar surface area (TPSA) is 69.6 Å². The van der Waals surface area contributed by atoms with Crippen LogP contribution < -0.4 is 5.32 Å². The summed E-state index contributed by atoms with van der Waals surface area (Å²) in [5, 5.41) is 23.1. The van der Waals surface area contributed by atoms with Crippen molar-refractivity contribution in [2.75, 3.05) is 0 Å². The van der Waals surface area contributed by atoms with Crippen LogP contribution in [0.1, 0.15) is 29.2 Å². The fraction of sp³-hybridized carbons (Fsp3) is 0.278. The second-order valence-corrected chi connectivity index (χ2v) is 6.30. The molecule has 1 amide bonds. The molecule has 0 bridgehead atoms. The quantitative estimate of drug-likeness (QED) is 0.810. The fourth-order valence-corrected chi connectivity index (χ4v) is 3.17. The number of hydrogen-bond acceptors (Lipinski definition) is 3. The molecule has 0 fully saturated rings. The lowest BCUT2D eigenvalue weighted by Crippen LogP contribution is -2.41. The molecule has 0 spiro atoms. The van der Waals surface area contributed by atoms with Gasteiger partial charge in [0.15, 0.2) is 6.10 Å². The molecule has 23 heavy (non-hydrogen) atoms. The van der Waals surface area contributed by atoms with Gasteiger partial charge in [0.1, 0.15) is 5.75 Å². The van der Waals surface area contributed by atoms with E-state index in [1.807, 2.05) is 6.07 Å². The summed E-state index contributed by atoms with van der Waals surface area (Å²) >= 11 is 5.89. The van der Waals surface area contributed by atoms with E-state index in [9.17, 15) is 15.0 Å². The van der Waals surface area contributed by atoms with Crippen molar-refractivity contribution in [2.24, 2.45) is 0 Å². The van der Waals surface area contributed by atoms with Crippen LogP contribution in [0.2, 0.25) is 5.02 Å². The lowest BCUT2D eigenvalue weighted by Gasteiger charge is -2.26. The Balaban J connectivity index is 1.67. The Kier molecular flexibility index (Phi) is 4.55. The zero-order valence-corrected chi connectivity index (χ0v) is 13.3. The molecule has 0 saturated carbocycles. The normalized spacial score (nSPS) is 18.1. The molecule has 0 aromatic heterocycles. The smallest absolute Gasteiger partial charge is 0.253 e. The Morgan fingerprint density at radius 3 is 2.83 bits per heavy atom. The third-order valence-electron chi connectivity index (χ3n) is 4.18. The highest BCUT2D eigenvalue weighted by molar-refractivity contribution is 6.30. The summed E-state index contributed by atoms with van der Waals surface area (Å²) < 4.78 is 0. The van der Waals surface area contributed by atoms with Gasteiger partial charge in [-0.25, -0.2) is 0 Å². The number of aryl methyl sites for hydroxylation is 1. The molecule has 2 aromatic rings. The number of amides is 1. The van der Waals surface area contributed by atoms with Crippen LogP contribution in [0.4, 0.5) is 0 Å². The van der Waals surface area contributed by atoms with Crippen molar-refractivity contribution in [1.82, 2.24) is 5.32 Å². The number of hydrogen-bond donors (Lipinski definition) is 3. The lowest BCUT2D eigenvalue weighted by atomic mass is 9.88. The Morgan fingerprint density at radius 2 is 2.04 bits per heavy atom. The van der Waals surface area contributed by atoms with Gasteiger partial charge in [-0.3, -0.25) is 4.79 Å². The number of aliphatic hydroxyl groups is 1. The maximum atomic E-state index is 12.2. The number of aromatic hydroxyl groups is 1. The first kappa shape index (κ1) is 15.8. The molecular weight excluding hydrogens is 314 g/mol. The summed E-state index contributed by atoms with van der Waals surface area (Å²) in [6, 6.07) is 11.9. The predicted octanol–water partition coefficient (Wildman–Crippen LogP) is 2.75. The van der Waals surface area contributed by atoms with E-state index >= 15 is 0 Å². The molecule has 3 rings (SSSR count). The van der Waals surface area contributed by atoms with Crippen LogP contribution in [0.25, 0.3) is 0 Å². The highest BCUT2D eigenvalue weighted by atomic mass is 35.5. The first-order valence-corrected chi connectivity index (χ1v) is 7.95. The van der Waals surface area contributed by atoms with Crippen molar-refractivity contribution in [3.8, 4) is 5.75 Å². The number of fused-ring (bicyclic) bond motifs is 1. The van der Waals surface area contributed by atoms with E-state index in [-0.39, 0.29) is 11.8 Å². The SMILES string of the molecule is O=C(N[C@@H]1CCc2ccc(O)cc2C1)[C@H](O)c1cccc(Cl)c1. The highest BCUT2D eigenvalue weighted by Crippen LogP contribution is 2.25. The minimum absolute atomic E-state index is 0.0503. The molecule has 0 aliphatic heterocycles. The van der Waals surface area contributed by atoms with E-state index in [1.165, 1.54) is 5.56 Å². The number of carbonyl (C=O) groups is 1. The van der Waals surface area contributed by atoms with Gasteiger partial charge in [-0.05, 0) is 60.2 Å². The predicted molar refractivity (Wildman–Crippen MR) is 88.5 cm³/mol. The lowest BCUT2D eigenvalue weighted by molar-refractivity contribution is -0.130. The Hall–Kier alpha value is -2.04. The average Bonchev–Trinajstić information content (AvgIpc) is 2.53. The minimum Gasteiger partial charge on any atom is -0.508 e. The largest absolute Gasteiger partial charge is 0.508 e. The number of nitrogens with one attached hydrogen (secondary N) is 1. The van der Waals surface area contributed by atoms with Crippen molar-refractivity contribution in [1.29, 1.82) is 0 Å². The van der Waals surface area contributed by atoms with Crippen molar-refractivity contribution in [3.05, 3.63) is 64.2 Å². The monoisotopic (exact) mass is 331 g/mol. The molecule has 0 saturated heterocycles. The molecule has 1 aliphatic rings. The molecule has 4 nitrogen and oxygen atoms in total. The van der Waals surface area contributed by atoms with E-state index < -0.39 is 12.0 Å². The van der Waals surface area contributed by atoms with Gasteiger partial charge in [0.25, 0.3) is 5.91 Å². The molecule has 120 valence electrons. The van der Waals surface area contributed by atoms with Gasteiger partial charge in [-0.1, -0.05) is 29.8 Å². The molecule has 0 radical (unpaired) electrons. The highest BCUT2D eigenvalue weighted by Gasteiger charge is 2.24. The molecule has 1 aliphatic carbocycles. The van der Waals surface area contributed by atoms with E-state index in [4.69, 9.17) is 11.6 Å². The molecule has 3 N–H and O–H groups in total. The standard InChI is InChI=1S/C18H18ClNO3/c19-14-3-1-2-12(8-14)17(22)18(23)20-15-6-4-11-5-7-16(21)10-13(11)9-15/h1-3,5,7-8,10,15,17,21-22H,4,6,9H2,(H,20,23)/t15-,17-/m1/s1. The summed E-state index contributed by atoms with van der Waals surface area (Å²) in [5.74, 6) is -0.199. The van der Waals surface area contributed by atoms with Crippen molar-refractivity contribution < 1.29 is 15.0 Å². The van der Waals surface area contributed by atoms with Crippen molar-refractivity contribution >= 4 is 17.5 Å². The van der Waals surface area contributed by atoms with Crippen LogP contribution in [0.5, 0.6) is 5.75 Å². The number of rotatable bonds is 3. The van der Waals surface area contributed by atoms with E-state index in [0.29, 0.717) is 17.0 Å². The molecular formula is C18H18ClNO3. The second kappa shape index (κ2) is 6.60. The van der Waals surface area contributed by atoms with Crippen LogP contribution in [-0.2, 0) is 17.6 Å². The van der Waals surface area contributed by atoms with Crippen LogP contribution >= 0.6 is 11.6 Å². The molecule has 0 heterocycles. The zero-order valence-electron chi connectivity index (χ0n) is 12.5. The van der Waals surface area contributed by atoms with Crippen LogP contribution in [-0.4, -0.2) is 22.2 Å². The zero-order chi connectivity index (χ0) is 16.4. The van der Waals surface area contributed by atoms with Gasteiger partial charge in [0.2, 0.25) is 0 Å². The van der Waals surface area contributed by atoms with Crippen LogP contribution in [0.15, 0.2) is 42.5 Å². The molecule has 0 unspecified atom stereocenters. The summed E-state index contributed by atoms with van der Waals surface area (Å²) in [5.41, 5.74) is 2.71. The number of aliphatic hydroxyl groups excluding tert-OH is 1. The van der Waals surface area contributed by atoms with Crippen LogP contribution in [0, 0.1) is 0 Å². The Bertz CT molecular complexity index is 732. The van der Waals surface area contributed by atoms with E-state index in [2.05, 4.69) is 5.32 Å². The summed E-state index contributed by atoms with van der Waals surface area (Å²) in [6.45, 7) is 0. The molecule has 2 atom stereocenters. The third-order valence-corrected chi connectivity index (χ3v) is 4.41. The fourth-order valence-electron chi connectivity index (χ4n) is 2.97. The van der Waals surface area contributed by atoms with Crippen molar-refractivity contribution in [3.63, 3.8) is 0 Å². The maximum absolute atomic E-state index is 12.2. The average molecular weight is 332 g/mol. The molecule has 2 aromatic carbocycles. The van der Waals surface area contributed by atoms with Gasteiger partial charge in [-0.2, -0.15) is 0 Å². The summed E-state index contributed by atoms with van der Waals surface area (Å²) in [7, 11) is 0.